The molecule has 4 nitrogen and oxygen atoms in total. The molecule has 5 heteroatoms. The number of methoxy groups -OCH3 is 2. The number of ether oxygens (including phenoxy) is 2. The van der Waals surface area contributed by atoms with Gasteiger partial charge in [0.1, 0.15) is 5.82 Å². The molecule has 0 fully saturated rings. The minimum absolute atomic E-state index is 0.178. The molecule has 14 heavy (non-hydrogen) atoms. The molecule has 0 aromatic carbocycles. The van der Waals surface area contributed by atoms with Crippen LogP contribution < -0.4 is 0 Å². The Morgan fingerprint density at radius 2 is 1.86 bits per heavy atom. The third kappa shape index (κ3) is 3.69. The fraction of sp³-hybridized carbons (Fsp3) is 0.556. The number of rotatable bonds is 5. The van der Waals surface area contributed by atoms with Crippen molar-refractivity contribution in [3.63, 3.8) is 0 Å². The molecule has 1 aromatic heterocycles. The van der Waals surface area contributed by atoms with E-state index in [1.54, 1.807) is 26.6 Å². The number of halogens is 1. The lowest BCUT2D eigenvalue weighted by molar-refractivity contribution is -0.106. The average molecular weight is 261 g/mol. The maximum atomic E-state index is 5.06. The minimum atomic E-state index is -0.178. The summed E-state index contributed by atoms with van der Waals surface area (Å²) < 4.78 is 11.0. The summed E-state index contributed by atoms with van der Waals surface area (Å²) in [6.45, 7) is 0. The molecule has 0 bridgehead atoms. The van der Waals surface area contributed by atoms with Crippen molar-refractivity contribution in [2.45, 2.75) is 19.1 Å². The van der Waals surface area contributed by atoms with E-state index in [1.165, 1.54) is 0 Å². The van der Waals surface area contributed by atoms with Crippen molar-refractivity contribution in [1.29, 1.82) is 0 Å². The van der Waals surface area contributed by atoms with Crippen LogP contribution in [0.2, 0.25) is 0 Å². The number of nitrogens with zero attached hydrogens (tertiary/aromatic N) is 2. The zero-order valence-electron chi connectivity index (χ0n) is 8.24. The first-order valence-corrected chi connectivity index (χ1v) is 5.07. The maximum absolute atomic E-state index is 5.06. The first-order valence-electron chi connectivity index (χ1n) is 4.28. The quantitative estimate of drug-likeness (QED) is 0.758. The van der Waals surface area contributed by atoms with Gasteiger partial charge in [0.15, 0.2) is 6.29 Å². The lowest BCUT2D eigenvalue weighted by Gasteiger charge is -2.11. The molecule has 0 radical (unpaired) electrons. The average Bonchev–Trinajstić information content (AvgIpc) is 2.22. The summed E-state index contributed by atoms with van der Waals surface area (Å²) >= 11 is 3.28. The van der Waals surface area contributed by atoms with Gasteiger partial charge in [0, 0.05) is 39.5 Å². The fourth-order valence-electron chi connectivity index (χ4n) is 1.05. The van der Waals surface area contributed by atoms with Gasteiger partial charge in [-0.2, -0.15) is 0 Å². The summed E-state index contributed by atoms with van der Waals surface area (Å²) in [5.74, 6) is 0.798. The van der Waals surface area contributed by atoms with Crippen molar-refractivity contribution in [3.8, 4) is 0 Å². The SMILES string of the molecule is COC(CCc1ncc(Br)cn1)OC. The van der Waals surface area contributed by atoms with Crippen LogP contribution >= 0.6 is 15.9 Å². The summed E-state index contributed by atoms with van der Waals surface area (Å²) in [5, 5.41) is 0. The molecule has 0 saturated carbocycles. The Hall–Kier alpha value is -0.520. The van der Waals surface area contributed by atoms with Crippen LogP contribution in [0.4, 0.5) is 0 Å². The Kier molecular flexibility index (Phi) is 5.00. The first kappa shape index (κ1) is 11.6. The molecule has 0 unspecified atom stereocenters. The van der Waals surface area contributed by atoms with E-state index >= 15 is 0 Å². The molecule has 0 amide bonds. The third-order valence-electron chi connectivity index (χ3n) is 1.80. The zero-order valence-corrected chi connectivity index (χ0v) is 9.82. The second-order valence-electron chi connectivity index (χ2n) is 2.76. The van der Waals surface area contributed by atoms with Gasteiger partial charge in [-0.1, -0.05) is 0 Å². The van der Waals surface area contributed by atoms with E-state index in [9.17, 15) is 0 Å². The van der Waals surface area contributed by atoms with Crippen LogP contribution in [0.1, 0.15) is 12.2 Å². The van der Waals surface area contributed by atoms with Gasteiger partial charge in [0.2, 0.25) is 0 Å². The highest BCUT2D eigenvalue weighted by molar-refractivity contribution is 9.10. The van der Waals surface area contributed by atoms with Crippen LogP contribution in [-0.2, 0) is 15.9 Å². The summed E-state index contributed by atoms with van der Waals surface area (Å²) in [7, 11) is 3.24. The number of aromatic nitrogens is 2. The van der Waals surface area contributed by atoms with E-state index in [0.29, 0.717) is 0 Å². The highest BCUT2D eigenvalue weighted by Gasteiger charge is 2.06. The van der Waals surface area contributed by atoms with Crippen LogP contribution in [0.5, 0.6) is 0 Å². The van der Waals surface area contributed by atoms with Gasteiger partial charge in [-0.3, -0.25) is 0 Å². The van der Waals surface area contributed by atoms with E-state index in [4.69, 9.17) is 9.47 Å². The molecule has 0 aliphatic carbocycles. The van der Waals surface area contributed by atoms with Crippen LogP contribution in [0, 0.1) is 0 Å². The van der Waals surface area contributed by atoms with Gasteiger partial charge >= 0.3 is 0 Å². The molecule has 0 spiro atoms. The molecule has 0 aliphatic heterocycles. The van der Waals surface area contributed by atoms with Gasteiger partial charge in [-0.05, 0) is 15.9 Å². The normalized spacial score (nSPS) is 10.9. The molecule has 1 aromatic rings. The smallest absolute Gasteiger partial charge is 0.157 e. The summed E-state index contributed by atoms with van der Waals surface area (Å²) in [6, 6.07) is 0. The van der Waals surface area contributed by atoms with Crippen LogP contribution in [0.15, 0.2) is 16.9 Å². The Balaban J connectivity index is 2.41. The maximum Gasteiger partial charge on any atom is 0.157 e. The number of aryl methyl sites for hydroxylation is 1. The summed E-state index contributed by atoms with van der Waals surface area (Å²) in [5.41, 5.74) is 0. The Bertz CT molecular complexity index is 262. The van der Waals surface area contributed by atoms with Crippen molar-refractivity contribution in [2.75, 3.05) is 14.2 Å². The van der Waals surface area contributed by atoms with Crippen molar-refractivity contribution >= 4 is 15.9 Å². The molecule has 0 aliphatic rings. The Morgan fingerprint density at radius 1 is 1.29 bits per heavy atom. The van der Waals surface area contributed by atoms with Gasteiger partial charge in [0.05, 0.1) is 4.47 Å². The Morgan fingerprint density at radius 3 is 2.36 bits per heavy atom. The Labute approximate surface area is 91.8 Å². The predicted octanol–water partition coefficient (Wildman–Crippen LogP) is 1.79. The van der Waals surface area contributed by atoms with Crippen LogP contribution in [0.3, 0.4) is 0 Å². The van der Waals surface area contributed by atoms with E-state index in [2.05, 4.69) is 25.9 Å². The number of hydrogen-bond donors (Lipinski definition) is 0. The second-order valence-corrected chi connectivity index (χ2v) is 3.67. The van der Waals surface area contributed by atoms with Crippen molar-refractivity contribution in [2.24, 2.45) is 0 Å². The topological polar surface area (TPSA) is 44.2 Å². The molecule has 1 rings (SSSR count). The first-order chi connectivity index (χ1) is 6.76. The largest absolute Gasteiger partial charge is 0.356 e. The molecular formula is C9H13BrN2O2. The molecule has 0 saturated heterocycles. The highest BCUT2D eigenvalue weighted by atomic mass is 79.9. The lowest BCUT2D eigenvalue weighted by Crippen LogP contribution is -2.14. The number of hydrogen-bond acceptors (Lipinski definition) is 4. The van der Waals surface area contributed by atoms with E-state index in [0.717, 1.165) is 23.1 Å². The lowest BCUT2D eigenvalue weighted by atomic mass is 10.3. The fourth-order valence-corrected chi connectivity index (χ4v) is 1.25. The molecule has 1 heterocycles. The van der Waals surface area contributed by atoms with Gasteiger partial charge in [-0.15, -0.1) is 0 Å². The second kappa shape index (κ2) is 6.06. The molecular weight excluding hydrogens is 248 g/mol. The van der Waals surface area contributed by atoms with Gasteiger partial charge in [0.25, 0.3) is 0 Å². The van der Waals surface area contributed by atoms with Gasteiger partial charge < -0.3 is 9.47 Å². The van der Waals surface area contributed by atoms with E-state index in [-0.39, 0.29) is 6.29 Å². The molecule has 78 valence electrons. The third-order valence-corrected chi connectivity index (χ3v) is 2.21. The monoisotopic (exact) mass is 260 g/mol. The molecule has 0 N–H and O–H groups in total. The van der Waals surface area contributed by atoms with Crippen molar-refractivity contribution in [1.82, 2.24) is 9.97 Å². The minimum Gasteiger partial charge on any atom is -0.356 e. The van der Waals surface area contributed by atoms with E-state index in [1.807, 2.05) is 0 Å². The predicted molar refractivity (Wildman–Crippen MR) is 55.9 cm³/mol. The zero-order chi connectivity index (χ0) is 10.4. The summed E-state index contributed by atoms with van der Waals surface area (Å²) in [4.78, 5) is 8.30. The van der Waals surface area contributed by atoms with Crippen molar-refractivity contribution < 1.29 is 9.47 Å². The van der Waals surface area contributed by atoms with Crippen LogP contribution in [0.25, 0.3) is 0 Å². The highest BCUT2D eigenvalue weighted by Crippen LogP contribution is 2.07. The van der Waals surface area contributed by atoms with Crippen LogP contribution in [-0.4, -0.2) is 30.5 Å². The van der Waals surface area contributed by atoms with Gasteiger partial charge in [-0.25, -0.2) is 9.97 Å². The molecule has 0 atom stereocenters. The van der Waals surface area contributed by atoms with Crippen molar-refractivity contribution in [3.05, 3.63) is 22.7 Å². The summed E-state index contributed by atoms with van der Waals surface area (Å²) in [6.07, 6.45) is 4.80. The van der Waals surface area contributed by atoms with E-state index < -0.39 is 0 Å². The standard InChI is InChI=1S/C9H13BrN2O2/c1-13-9(14-2)4-3-8-11-5-7(10)6-12-8/h5-6,9H,3-4H2,1-2H3.